The van der Waals surface area contributed by atoms with Crippen molar-refractivity contribution in [3.05, 3.63) is 5.82 Å². The van der Waals surface area contributed by atoms with Crippen LogP contribution in [0.15, 0.2) is 4.52 Å². The molecule has 23 heavy (non-hydrogen) atoms. The Labute approximate surface area is 135 Å². The average Bonchev–Trinajstić information content (AvgIpc) is 2.82. The second-order valence-corrected chi connectivity index (χ2v) is 8.83. The smallest absolute Gasteiger partial charge is 0.329 e. The summed E-state index contributed by atoms with van der Waals surface area (Å²) in [6, 6.07) is -0.496. The quantitative estimate of drug-likeness (QED) is 0.864. The lowest BCUT2D eigenvalue weighted by atomic mass is 9.88. The molecule has 0 aliphatic carbocycles. The SMILES string of the molecule is CC(C)(C)C1CN(C(=O)Nc2nc(CS(C)(=O)=O)no2)CCO1. The Kier molecular flexibility index (Phi) is 4.95. The third-order valence-electron chi connectivity index (χ3n) is 3.39. The molecule has 0 aromatic carbocycles. The summed E-state index contributed by atoms with van der Waals surface area (Å²) in [6.07, 6.45) is 1.01. The highest BCUT2D eigenvalue weighted by atomic mass is 32.2. The predicted molar refractivity (Wildman–Crippen MR) is 82.6 cm³/mol. The van der Waals surface area contributed by atoms with Gasteiger partial charge in [-0.1, -0.05) is 25.9 Å². The van der Waals surface area contributed by atoms with Gasteiger partial charge in [-0.25, -0.2) is 13.2 Å². The number of hydrogen-bond acceptors (Lipinski definition) is 7. The van der Waals surface area contributed by atoms with Crippen LogP contribution in [0.25, 0.3) is 0 Å². The van der Waals surface area contributed by atoms with Crippen molar-refractivity contribution in [2.24, 2.45) is 5.41 Å². The van der Waals surface area contributed by atoms with Gasteiger partial charge in [0.05, 0.1) is 12.7 Å². The maximum Gasteiger partial charge on any atom is 0.329 e. The molecule has 9 nitrogen and oxygen atoms in total. The number of amides is 2. The predicted octanol–water partition coefficient (Wildman–Crippen LogP) is 0.893. The normalized spacial score (nSPS) is 19.7. The molecule has 10 heteroatoms. The molecule has 1 N–H and O–H groups in total. The van der Waals surface area contributed by atoms with E-state index in [1.165, 1.54) is 0 Å². The van der Waals surface area contributed by atoms with Gasteiger partial charge in [-0.3, -0.25) is 5.32 Å². The first-order valence-corrected chi connectivity index (χ1v) is 9.28. The number of rotatable bonds is 3. The van der Waals surface area contributed by atoms with Crippen LogP contribution in [0.3, 0.4) is 0 Å². The van der Waals surface area contributed by atoms with Gasteiger partial charge < -0.3 is 14.2 Å². The highest BCUT2D eigenvalue weighted by Crippen LogP contribution is 2.25. The lowest BCUT2D eigenvalue weighted by Gasteiger charge is -2.39. The third-order valence-corrected chi connectivity index (χ3v) is 4.18. The standard InChI is InChI=1S/C13H22N4O5S/c1-13(2,3)9-7-17(5-6-21-9)12(18)15-11-14-10(16-22-11)8-23(4,19)20/h9H,5-8H2,1-4H3,(H,14,15,16,18). The van der Waals surface area contributed by atoms with Crippen LogP contribution in [-0.4, -0.2) is 61.5 Å². The summed E-state index contributed by atoms with van der Waals surface area (Å²) >= 11 is 0. The van der Waals surface area contributed by atoms with E-state index in [2.05, 4.69) is 36.2 Å². The molecule has 1 aromatic heterocycles. The molecule has 1 aromatic rings. The van der Waals surface area contributed by atoms with Crippen LogP contribution >= 0.6 is 0 Å². The molecule has 0 radical (unpaired) electrons. The Bertz CT molecular complexity index is 664. The lowest BCUT2D eigenvalue weighted by Crippen LogP contribution is -2.51. The summed E-state index contributed by atoms with van der Waals surface area (Å²) in [5.74, 6) is -0.326. The molecule has 2 heterocycles. The molecular weight excluding hydrogens is 324 g/mol. The van der Waals surface area contributed by atoms with E-state index in [9.17, 15) is 13.2 Å². The monoisotopic (exact) mass is 346 g/mol. The first-order valence-electron chi connectivity index (χ1n) is 7.22. The molecule has 130 valence electrons. The molecule has 1 fully saturated rings. The van der Waals surface area contributed by atoms with Crippen molar-refractivity contribution < 1.29 is 22.5 Å². The van der Waals surface area contributed by atoms with E-state index in [0.717, 1.165) is 6.26 Å². The van der Waals surface area contributed by atoms with Crippen LogP contribution in [0.1, 0.15) is 26.6 Å². The number of morpholine rings is 1. The number of carbonyl (C=O) groups is 1. The number of carbonyl (C=O) groups excluding carboxylic acids is 1. The number of urea groups is 1. The van der Waals surface area contributed by atoms with Crippen molar-refractivity contribution in [2.75, 3.05) is 31.3 Å². The fourth-order valence-corrected chi connectivity index (χ4v) is 2.71. The minimum Gasteiger partial charge on any atom is -0.374 e. The number of aromatic nitrogens is 2. The Morgan fingerprint density at radius 1 is 1.43 bits per heavy atom. The molecule has 1 atom stereocenters. The number of anilines is 1. The van der Waals surface area contributed by atoms with Gasteiger partial charge >= 0.3 is 12.0 Å². The van der Waals surface area contributed by atoms with Gasteiger partial charge in [-0.15, -0.1) is 0 Å². The molecule has 1 aliphatic rings. The Morgan fingerprint density at radius 2 is 2.13 bits per heavy atom. The Balaban J connectivity index is 1.96. The molecule has 0 saturated carbocycles. The average molecular weight is 346 g/mol. The van der Waals surface area contributed by atoms with E-state index in [4.69, 9.17) is 9.26 Å². The summed E-state index contributed by atoms with van der Waals surface area (Å²) in [4.78, 5) is 17.7. The van der Waals surface area contributed by atoms with Gasteiger partial charge in [0.2, 0.25) is 0 Å². The van der Waals surface area contributed by atoms with Crippen LogP contribution in [0.4, 0.5) is 10.8 Å². The summed E-state index contributed by atoms with van der Waals surface area (Å²) in [7, 11) is -3.26. The van der Waals surface area contributed by atoms with Crippen LogP contribution in [0.5, 0.6) is 0 Å². The third kappa shape index (κ3) is 5.17. The van der Waals surface area contributed by atoms with Crippen molar-refractivity contribution in [3.8, 4) is 0 Å². The first kappa shape index (κ1) is 17.7. The fourth-order valence-electron chi connectivity index (χ4n) is 2.13. The van der Waals surface area contributed by atoms with Gasteiger partial charge in [0, 0.05) is 19.3 Å². The van der Waals surface area contributed by atoms with Crippen molar-refractivity contribution in [1.29, 1.82) is 0 Å². The zero-order valence-corrected chi connectivity index (χ0v) is 14.5. The summed E-state index contributed by atoms with van der Waals surface area (Å²) in [5.41, 5.74) is -0.0773. The maximum absolute atomic E-state index is 12.2. The van der Waals surface area contributed by atoms with Gasteiger partial charge in [0.25, 0.3) is 0 Å². The van der Waals surface area contributed by atoms with E-state index in [0.29, 0.717) is 19.7 Å². The summed E-state index contributed by atoms with van der Waals surface area (Å²) in [6.45, 7) is 7.53. The van der Waals surface area contributed by atoms with E-state index >= 15 is 0 Å². The molecular formula is C13H22N4O5S. The van der Waals surface area contributed by atoms with Gasteiger partial charge in [0.1, 0.15) is 5.75 Å². The molecule has 1 saturated heterocycles. The zero-order chi connectivity index (χ0) is 17.3. The van der Waals surface area contributed by atoms with Crippen molar-refractivity contribution in [1.82, 2.24) is 15.0 Å². The van der Waals surface area contributed by atoms with Crippen LogP contribution < -0.4 is 5.32 Å². The van der Waals surface area contributed by atoms with Crippen LogP contribution in [0, 0.1) is 5.41 Å². The largest absolute Gasteiger partial charge is 0.374 e. The molecule has 1 unspecified atom stereocenters. The van der Waals surface area contributed by atoms with Gasteiger partial charge in [0.15, 0.2) is 15.7 Å². The summed E-state index contributed by atoms with van der Waals surface area (Å²) in [5, 5.41) is 6.02. The van der Waals surface area contributed by atoms with Crippen molar-refractivity contribution >= 4 is 21.9 Å². The van der Waals surface area contributed by atoms with Gasteiger partial charge in [-0.2, -0.15) is 4.98 Å². The number of hydrogen-bond donors (Lipinski definition) is 1. The van der Waals surface area contributed by atoms with Gasteiger partial charge in [-0.05, 0) is 5.41 Å². The van der Waals surface area contributed by atoms with Crippen LogP contribution in [0.2, 0.25) is 0 Å². The number of ether oxygens (including phenoxy) is 1. The van der Waals surface area contributed by atoms with E-state index < -0.39 is 9.84 Å². The molecule has 2 rings (SSSR count). The van der Waals surface area contributed by atoms with E-state index in [1.54, 1.807) is 4.90 Å². The van der Waals surface area contributed by atoms with Crippen molar-refractivity contribution in [2.45, 2.75) is 32.6 Å². The Hall–Kier alpha value is -1.68. The summed E-state index contributed by atoms with van der Waals surface area (Å²) < 4.78 is 32.9. The Morgan fingerprint density at radius 3 is 2.74 bits per heavy atom. The number of nitrogens with one attached hydrogen (secondary N) is 1. The van der Waals surface area contributed by atoms with E-state index in [-0.39, 0.29) is 35.1 Å². The second kappa shape index (κ2) is 6.44. The highest BCUT2D eigenvalue weighted by molar-refractivity contribution is 7.89. The van der Waals surface area contributed by atoms with Crippen LogP contribution in [-0.2, 0) is 20.3 Å². The zero-order valence-electron chi connectivity index (χ0n) is 13.7. The lowest BCUT2D eigenvalue weighted by molar-refractivity contribution is -0.0665. The molecule has 0 bridgehead atoms. The number of sulfone groups is 1. The number of nitrogens with zero attached hydrogens (tertiary/aromatic N) is 3. The molecule has 2 amide bonds. The fraction of sp³-hybridized carbons (Fsp3) is 0.769. The second-order valence-electron chi connectivity index (χ2n) is 6.69. The molecule has 1 aliphatic heterocycles. The topological polar surface area (TPSA) is 115 Å². The van der Waals surface area contributed by atoms with Crippen molar-refractivity contribution in [3.63, 3.8) is 0 Å². The maximum atomic E-state index is 12.2. The van der Waals surface area contributed by atoms with E-state index in [1.807, 2.05) is 0 Å². The molecule has 0 spiro atoms. The first-order chi connectivity index (χ1) is 10.5. The highest BCUT2D eigenvalue weighted by Gasteiger charge is 2.33. The minimum atomic E-state index is -3.26. The minimum absolute atomic E-state index is 0.0114.